The van der Waals surface area contributed by atoms with Crippen molar-refractivity contribution in [3.63, 3.8) is 0 Å². The average molecular weight is 1040 g/mol. The van der Waals surface area contributed by atoms with Crippen LogP contribution < -0.4 is 5.32 Å². The number of nitrogens with one attached hydrogen (secondary N) is 1. The molecule has 12 unspecified atom stereocenters. The summed E-state index contributed by atoms with van der Waals surface area (Å²) in [6.45, 7) is 2.83. The third-order valence-corrected chi connectivity index (χ3v) is 15.2. The van der Waals surface area contributed by atoms with Crippen molar-refractivity contribution in [2.24, 2.45) is 0 Å². The third-order valence-electron chi connectivity index (χ3n) is 15.2. The summed E-state index contributed by atoms with van der Waals surface area (Å²) in [5.41, 5.74) is 0. The van der Waals surface area contributed by atoms with Crippen molar-refractivity contribution in [2.45, 2.75) is 338 Å². The molecule has 1 amide bonds. The molecule has 2 rings (SSSR count). The fourth-order valence-electron chi connectivity index (χ4n) is 10.3. The first-order chi connectivity index (χ1) is 35.6. The summed E-state index contributed by atoms with van der Waals surface area (Å²) in [6, 6.07) is -0.909. The van der Waals surface area contributed by atoms with E-state index in [-0.39, 0.29) is 18.9 Å². The van der Waals surface area contributed by atoms with Crippen LogP contribution >= 0.6 is 0 Å². The third kappa shape index (κ3) is 31.7. The number of carbonyl (C=O) groups excluding carboxylic acids is 1. The Kier molecular flexibility index (Phi) is 42.5. The molecule has 432 valence electrons. The number of aliphatic hydroxyl groups is 8. The fourth-order valence-corrected chi connectivity index (χ4v) is 10.3. The van der Waals surface area contributed by atoms with E-state index in [1.807, 2.05) is 6.08 Å². The van der Waals surface area contributed by atoms with Gasteiger partial charge in [0.1, 0.15) is 48.8 Å². The molecule has 2 aliphatic rings. The zero-order valence-electron chi connectivity index (χ0n) is 46.4. The molecule has 0 aromatic carbocycles. The van der Waals surface area contributed by atoms with E-state index < -0.39 is 86.8 Å². The number of rotatable bonds is 49. The largest absolute Gasteiger partial charge is 0.394 e. The lowest BCUT2D eigenvalue weighted by Crippen LogP contribution is -2.65. The summed E-state index contributed by atoms with van der Waals surface area (Å²) < 4.78 is 22.8. The maximum absolute atomic E-state index is 13.2. The topological polar surface area (TPSA) is 228 Å². The van der Waals surface area contributed by atoms with Gasteiger partial charge in [-0.25, -0.2) is 0 Å². The van der Waals surface area contributed by atoms with E-state index in [9.17, 15) is 45.6 Å². The summed E-state index contributed by atoms with van der Waals surface area (Å²) >= 11 is 0. The molecule has 0 radical (unpaired) electrons. The minimum Gasteiger partial charge on any atom is -0.394 e. The zero-order chi connectivity index (χ0) is 53.2. The van der Waals surface area contributed by atoms with Crippen LogP contribution in [0.4, 0.5) is 0 Å². The van der Waals surface area contributed by atoms with Crippen LogP contribution in [0.1, 0.15) is 264 Å². The molecule has 14 heteroatoms. The van der Waals surface area contributed by atoms with Crippen molar-refractivity contribution in [3.8, 4) is 0 Å². The van der Waals surface area contributed by atoms with Crippen molar-refractivity contribution in [3.05, 3.63) is 12.2 Å². The van der Waals surface area contributed by atoms with Crippen LogP contribution in [0, 0.1) is 0 Å². The molecule has 0 aromatic rings. The average Bonchev–Trinajstić information content (AvgIpc) is 3.39. The second kappa shape index (κ2) is 45.7. The Morgan fingerprint density at radius 2 is 0.849 bits per heavy atom. The van der Waals surface area contributed by atoms with E-state index in [1.54, 1.807) is 6.08 Å². The van der Waals surface area contributed by atoms with Gasteiger partial charge in [-0.15, -0.1) is 0 Å². The highest BCUT2D eigenvalue weighted by molar-refractivity contribution is 5.76. The van der Waals surface area contributed by atoms with Gasteiger partial charge in [-0.05, 0) is 19.3 Å². The Balaban J connectivity index is 1.75. The molecule has 2 aliphatic heterocycles. The Labute approximate surface area is 444 Å². The zero-order valence-corrected chi connectivity index (χ0v) is 46.4. The van der Waals surface area contributed by atoms with Crippen molar-refractivity contribution >= 4 is 5.91 Å². The first kappa shape index (κ1) is 67.8. The van der Waals surface area contributed by atoms with Crippen LogP contribution in [0.15, 0.2) is 12.2 Å². The molecule has 0 saturated carbocycles. The molecule has 0 aromatic heterocycles. The van der Waals surface area contributed by atoms with E-state index in [1.165, 1.54) is 199 Å². The summed E-state index contributed by atoms with van der Waals surface area (Å²) in [6.07, 6.45) is 35.3. The summed E-state index contributed by atoms with van der Waals surface area (Å²) in [4.78, 5) is 13.2. The van der Waals surface area contributed by atoms with Gasteiger partial charge < -0.3 is 65.1 Å². The van der Waals surface area contributed by atoms with Gasteiger partial charge in [0.2, 0.25) is 5.91 Å². The molecule has 12 atom stereocenters. The second-order valence-corrected chi connectivity index (χ2v) is 21.8. The first-order valence-electron chi connectivity index (χ1n) is 30.4. The minimum absolute atomic E-state index is 0.234. The molecule has 2 heterocycles. The molecule has 0 bridgehead atoms. The van der Waals surface area contributed by atoms with Crippen LogP contribution in [0.5, 0.6) is 0 Å². The van der Waals surface area contributed by atoms with Gasteiger partial charge >= 0.3 is 0 Å². The number of unbranched alkanes of at least 4 members (excludes halogenated alkanes) is 36. The summed E-state index contributed by atoms with van der Waals surface area (Å²) in [5, 5.41) is 87.1. The lowest BCUT2D eigenvalue weighted by Gasteiger charge is -2.46. The van der Waals surface area contributed by atoms with Crippen LogP contribution in [0.25, 0.3) is 0 Å². The number of hydrogen-bond acceptors (Lipinski definition) is 13. The number of allylic oxidation sites excluding steroid dienone is 1. The molecule has 0 aliphatic carbocycles. The van der Waals surface area contributed by atoms with Crippen LogP contribution in [0.2, 0.25) is 0 Å². The Morgan fingerprint density at radius 1 is 0.479 bits per heavy atom. The van der Waals surface area contributed by atoms with Crippen molar-refractivity contribution in [2.75, 3.05) is 19.8 Å². The van der Waals surface area contributed by atoms with Crippen LogP contribution in [-0.2, 0) is 23.7 Å². The molecule has 0 spiro atoms. The van der Waals surface area contributed by atoms with E-state index in [4.69, 9.17) is 18.9 Å². The number of carbonyl (C=O) groups is 1. The monoisotopic (exact) mass is 1040 g/mol. The smallest absolute Gasteiger partial charge is 0.220 e. The van der Waals surface area contributed by atoms with Gasteiger partial charge in [0.25, 0.3) is 0 Å². The predicted molar refractivity (Wildman–Crippen MR) is 291 cm³/mol. The molecule has 2 fully saturated rings. The highest BCUT2D eigenvalue weighted by Gasteiger charge is 2.51. The standard InChI is InChI=1S/C59H113NO13/c1-3-5-7-9-11-13-15-17-19-21-22-23-24-25-26-27-28-30-32-34-36-38-40-42-48(63)47(60-51(64)43-41-39-37-35-33-31-29-20-18-16-14-12-10-8-6-4-2)46-70-58-56(69)54(67)57(50(45-62)72-58)73-59-55(68)53(66)52(65)49(44-61)71-59/h40,42,47-50,52-59,61-63,65-69H,3-39,41,43-46H2,1-2H3,(H,60,64)/b42-40+. The van der Waals surface area contributed by atoms with Gasteiger partial charge in [-0.1, -0.05) is 251 Å². The fraction of sp³-hybridized carbons (Fsp3) is 0.949. The normalized spacial score (nSPS) is 25.4. The minimum atomic E-state index is -1.79. The molecule has 9 N–H and O–H groups in total. The quantitative estimate of drug-likeness (QED) is 0.0204. The molecule has 2 saturated heterocycles. The van der Waals surface area contributed by atoms with E-state index in [0.29, 0.717) is 6.42 Å². The lowest BCUT2D eigenvalue weighted by atomic mass is 9.97. The SMILES string of the molecule is CCCCCCCCCCCCCCCCCCCCCCC/C=C/C(O)C(COC1OC(CO)C(OC2OC(CO)C(O)C(O)C2O)C(O)C1O)NC(=O)CCCCCCCCCCCCCCCCCC. The number of amides is 1. The Hall–Kier alpha value is -1.27. The number of aliphatic hydroxyl groups excluding tert-OH is 8. The highest BCUT2D eigenvalue weighted by Crippen LogP contribution is 2.30. The molecular formula is C59H113NO13. The van der Waals surface area contributed by atoms with E-state index in [2.05, 4.69) is 19.2 Å². The second-order valence-electron chi connectivity index (χ2n) is 21.8. The molecular weight excluding hydrogens is 931 g/mol. The maximum atomic E-state index is 13.2. The summed E-state index contributed by atoms with van der Waals surface area (Å²) in [5.74, 6) is -0.234. The number of hydrogen-bond donors (Lipinski definition) is 9. The molecule has 14 nitrogen and oxygen atoms in total. The summed E-state index contributed by atoms with van der Waals surface area (Å²) in [7, 11) is 0. The predicted octanol–water partition coefficient (Wildman–Crippen LogP) is 10.3. The van der Waals surface area contributed by atoms with Gasteiger partial charge in [-0.2, -0.15) is 0 Å². The van der Waals surface area contributed by atoms with Gasteiger partial charge in [0.05, 0.1) is 32.0 Å². The molecule has 73 heavy (non-hydrogen) atoms. The first-order valence-corrected chi connectivity index (χ1v) is 30.4. The van der Waals surface area contributed by atoms with Gasteiger partial charge in [-0.3, -0.25) is 4.79 Å². The lowest BCUT2D eigenvalue weighted by molar-refractivity contribution is -0.359. The number of ether oxygens (including phenoxy) is 4. The Bertz CT molecular complexity index is 1280. The Morgan fingerprint density at radius 3 is 1.26 bits per heavy atom. The van der Waals surface area contributed by atoms with Crippen LogP contribution in [-0.4, -0.2) is 140 Å². The van der Waals surface area contributed by atoms with E-state index >= 15 is 0 Å². The van der Waals surface area contributed by atoms with E-state index in [0.717, 1.165) is 38.5 Å². The highest BCUT2D eigenvalue weighted by atomic mass is 16.7. The van der Waals surface area contributed by atoms with Crippen molar-refractivity contribution in [1.29, 1.82) is 0 Å². The maximum Gasteiger partial charge on any atom is 0.220 e. The van der Waals surface area contributed by atoms with Gasteiger partial charge in [0.15, 0.2) is 12.6 Å². The van der Waals surface area contributed by atoms with Crippen molar-refractivity contribution in [1.82, 2.24) is 5.32 Å². The van der Waals surface area contributed by atoms with Gasteiger partial charge in [0, 0.05) is 6.42 Å². The van der Waals surface area contributed by atoms with Crippen LogP contribution in [0.3, 0.4) is 0 Å². The van der Waals surface area contributed by atoms with Crippen molar-refractivity contribution < 1.29 is 64.6 Å².